The number of hydrogen-bond donors (Lipinski definition) is 2. The predicted octanol–water partition coefficient (Wildman–Crippen LogP) is 2.31. The second-order valence-electron chi connectivity index (χ2n) is 4.28. The quantitative estimate of drug-likeness (QED) is 0.602. The first-order chi connectivity index (χ1) is 8.19. The molecule has 0 saturated heterocycles. The van der Waals surface area contributed by atoms with Gasteiger partial charge in [-0.1, -0.05) is 23.8 Å². The first-order valence-corrected chi connectivity index (χ1v) is 6.09. The highest BCUT2D eigenvalue weighted by atomic mass is 14.9. The topological polar surface area (TPSA) is 38.0 Å². The molecular weight excluding hydrogens is 208 g/mol. The van der Waals surface area contributed by atoms with E-state index in [2.05, 4.69) is 49.2 Å². The van der Waals surface area contributed by atoms with E-state index in [1.54, 1.807) is 0 Å². The van der Waals surface area contributed by atoms with Gasteiger partial charge in [-0.2, -0.15) is 0 Å². The van der Waals surface area contributed by atoms with Crippen LogP contribution in [0.5, 0.6) is 0 Å². The molecule has 0 aliphatic heterocycles. The summed E-state index contributed by atoms with van der Waals surface area (Å²) in [5.74, 6) is 5.95. The second-order valence-corrected chi connectivity index (χ2v) is 4.28. The van der Waals surface area contributed by atoms with Crippen molar-refractivity contribution in [3.63, 3.8) is 0 Å². The molecule has 2 nitrogen and oxygen atoms in total. The molecule has 0 aromatic heterocycles. The Hall–Kier alpha value is -1.30. The van der Waals surface area contributed by atoms with Gasteiger partial charge in [0.2, 0.25) is 0 Å². The Labute approximate surface area is 105 Å². The van der Waals surface area contributed by atoms with Crippen LogP contribution in [0, 0.1) is 25.7 Å². The molecule has 0 spiro atoms. The Morgan fingerprint density at radius 2 is 2.12 bits per heavy atom. The van der Waals surface area contributed by atoms with Crippen LogP contribution < -0.4 is 11.1 Å². The zero-order valence-corrected chi connectivity index (χ0v) is 11.0. The van der Waals surface area contributed by atoms with Crippen molar-refractivity contribution >= 4 is 0 Å². The minimum atomic E-state index is 0.230. The Kier molecular flexibility index (Phi) is 5.76. The van der Waals surface area contributed by atoms with E-state index in [9.17, 15) is 0 Å². The van der Waals surface area contributed by atoms with Crippen LogP contribution in [0.3, 0.4) is 0 Å². The third kappa shape index (κ3) is 4.22. The monoisotopic (exact) mass is 230 g/mol. The third-order valence-electron chi connectivity index (χ3n) is 2.86. The lowest BCUT2D eigenvalue weighted by molar-refractivity contribution is 0.548. The van der Waals surface area contributed by atoms with Crippen molar-refractivity contribution in [3.8, 4) is 11.8 Å². The number of nitrogens with two attached hydrogens (primary N) is 1. The van der Waals surface area contributed by atoms with Crippen LogP contribution in [0.15, 0.2) is 18.2 Å². The van der Waals surface area contributed by atoms with E-state index in [1.807, 2.05) is 6.92 Å². The summed E-state index contributed by atoms with van der Waals surface area (Å²) in [5.41, 5.74) is 9.71. The van der Waals surface area contributed by atoms with Crippen LogP contribution >= 0.6 is 0 Å². The van der Waals surface area contributed by atoms with Gasteiger partial charge < -0.3 is 11.1 Å². The summed E-state index contributed by atoms with van der Waals surface area (Å²) in [4.78, 5) is 0. The van der Waals surface area contributed by atoms with Crippen LogP contribution in [0.4, 0.5) is 0 Å². The first kappa shape index (κ1) is 13.8. The highest BCUT2D eigenvalue weighted by Crippen LogP contribution is 2.18. The summed E-state index contributed by atoms with van der Waals surface area (Å²) in [6.45, 7) is 7.61. The Morgan fingerprint density at radius 3 is 2.76 bits per heavy atom. The van der Waals surface area contributed by atoms with Crippen LogP contribution in [-0.4, -0.2) is 13.1 Å². The molecule has 17 heavy (non-hydrogen) atoms. The molecule has 1 rings (SSSR count). The summed E-state index contributed by atoms with van der Waals surface area (Å²) in [7, 11) is 0. The van der Waals surface area contributed by atoms with Gasteiger partial charge in [-0.3, -0.25) is 0 Å². The van der Waals surface area contributed by atoms with Crippen molar-refractivity contribution < 1.29 is 0 Å². The van der Waals surface area contributed by atoms with Gasteiger partial charge in [0, 0.05) is 25.6 Å². The molecule has 0 bridgehead atoms. The number of nitrogens with one attached hydrogen (secondary N) is 1. The maximum absolute atomic E-state index is 5.84. The summed E-state index contributed by atoms with van der Waals surface area (Å²) in [6, 6.07) is 6.73. The Bertz CT molecular complexity index is 413. The summed E-state index contributed by atoms with van der Waals surface area (Å²) in [6.07, 6.45) is 0.873. The maximum atomic E-state index is 5.84. The van der Waals surface area contributed by atoms with E-state index in [4.69, 9.17) is 5.73 Å². The van der Waals surface area contributed by atoms with E-state index in [-0.39, 0.29) is 6.04 Å². The zero-order valence-electron chi connectivity index (χ0n) is 11.0. The number of rotatable bonds is 5. The lowest BCUT2D eigenvalue weighted by Crippen LogP contribution is -2.29. The van der Waals surface area contributed by atoms with Crippen LogP contribution in [0.25, 0.3) is 0 Å². The van der Waals surface area contributed by atoms with E-state index < -0.39 is 0 Å². The summed E-state index contributed by atoms with van der Waals surface area (Å²) >= 11 is 0. The van der Waals surface area contributed by atoms with Crippen molar-refractivity contribution in [1.82, 2.24) is 5.32 Å². The molecule has 1 aromatic carbocycles. The average molecular weight is 230 g/mol. The molecule has 0 heterocycles. The molecule has 0 aliphatic rings. The summed E-state index contributed by atoms with van der Waals surface area (Å²) in [5, 5.41) is 3.46. The van der Waals surface area contributed by atoms with E-state index in [1.165, 1.54) is 16.7 Å². The molecule has 0 radical (unpaired) electrons. The zero-order chi connectivity index (χ0) is 12.7. The largest absolute Gasteiger partial charge is 0.329 e. The molecule has 1 aromatic rings. The third-order valence-corrected chi connectivity index (χ3v) is 2.86. The lowest BCUT2D eigenvalue weighted by Gasteiger charge is -2.19. The molecule has 92 valence electrons. The van der Waals surface area contributed by atoms with Gasteiger partial charge >= 0.3 is 0 Å². The molecular formula is C15H22N2. The van der Waals surface area contributed by atoms with Gasteiger partial charge in [0.1, 0.15) is 0 Å². The fourth-order valence-electron chi connectivity index (χ4n) is 1.89. The first-order valence-electron chi connectivity index (χ1n) is 6.09. The van der Waals surface area contributed by atoms with Crippen LogP contribution in [0.1, 0.15) is 36.1 Å². The molecule has 2 heteroatoms. The molecule has 1 atom stereocenters. The van der Waals surface area contributed by atoms with Crippen molar-refractivity contribution in [2.45, 2.75) is 33.2 Å². The molecule has 0 amide bonds. The molecule has 0 saturated carbocycles. The van der Waals surface area contributed by atoms with Crippen molar-refractivity contribution in [1.29, 1.82) is 0 Å². The van der Waals surface area contributed by atoms with Gasteiger partial charge in [0.25, 0.3) is 0 Å². The molecule has 3 N–H and O–H groups in total. The van der Waals surface area contributed by atoms with Crippen molar-refractivity contribution in [2.75, 3.05) is 13.1 Å². The fraction of sp³-hybridized carbons (Fsp3) is 0.467. The highest BCUT2D eigenvalue weighted by Gasteiger charge is 2.10. The number of aryl methyl sites for hydroxylation is 2. The van der Waals surface area contributed by atoms with Crippen LogP contribution in [0.2, 0.25) is 0 Å². The van der Waals surface area contributed by atoms with Crippen LogP contribution in [-0.2, 0) is 0 Å². The summed E-state index contributed by atoms with van der Waals surface area (Å²) < 4.78 is 0. The van der Waals surface area contributed by atoms with E-state index in [0.717, 1.165) is 13.0 Å². The Balaban J connectivity index is 2.70. The van der Waals surface area contributed by atoms with Crippen molar-refractivity contribution in [2.24, 2.45) is 5.73 Å². The lowest BCUT2D eigenvalue weighted by atomic mass is 9.99. The van der Waals surface area contributed by atoms with Gasteiger partial charge in [0.15, 0.2) is 0 Å². The maximum Gasteiger partial charge on any atom is 0.0447 e. The van der Waals surface area contributed by atoms with E-state index in [0.29, 0.717) is 6.54 Å². The van der Waals surface area contributed by atoms with Gasteiger partial charge in [0.05, 0.1) is 0 Å². The minimum Gasteiger partial charge on any atom is -0.329 e. The predicted molar refractivity (Wildman–Crippen MR) is 73.8 cm³/mol. The fourth-order valence-corrected chi connectivity index (χ4v) is 1.89. The average Bonchev–Trinajstić information content (AvgIpc) is 2.33. The Morgan fingerprint density at radius 1 is 1.35 bits per heavy atom. The minimum absolute atomic E-state index is 0.230. The highest BCUT2D eigenvalue weighted by molar-refractivity contribution is 5.33. The standard InChI is InChI=1S/C15H22N2/c1-4-5-6-9-17-15(11-16)14-10-12(2)7-8-13(14)3/h7-8,10,15,17H,6,9,11,16H2,1-3H3. The number of hydrogen-bond acceptors (Lipinski definition) is 2. The van der Waals surface area contributed by atoms with Gasteiger partial charge in [-0.25, -0.2) is 0 Å². The normalized spacial score (nSPS) is 11.8. The van der Waals surface area contributed by atoms with Gasteiger partial charge in [-0.15, -0.1) is 11.8 Å². The van der Waals surface area contributed by atoms with Crippen molar-refractivity contribution in [3.05, 3.63) is 34.9 Å². The SMILES string of the molecule is CC#CCCNC(CN)c1cc(C)ccc1C. The molecule has 0 aliphatic carbocycles. The molecule has 1 unspecified atom stereocenters. The smallest absolute Gasteiger partial charge is 0.0447 e. The number of benzene rings is 1. The van der Waals surface area contributed by atoms with E-state index >= 15 is 0 Å². The molecule has 0 fully saturated rings. The van der Waals surface area contributed by atoms with Gasteiger partial charge in [-0.05, 0) is 31.9 Å². The second kappa shape index (κ2) is 7.11.